The van der Waals surface area contributed by atoms with E-state index >= 15 is 0 Å². The summed E-state index contributed by atoms with van der Waals surface area (Å²) >= 11 is 0. The number of aromatic amines is 1. The zero-order chi connectivity index (χ0) is 22.9. The van der Waals surface area contributed by atoms with Crippen molar-refractivity contribution in [1.29, 1.82) is 0 Å². The Morgan fingerprint density at radius 2 is 1.94 bits per heavy atom. The normalized spacial score (nSPS) is 25.2. The van der Waals surface area contributed by atoms with Crippen LogP contribution in [0.5, 0.6) is 0 Å². The van der Waals surface area contributed by atoms with Crippen LogP contribution in [0.15, 0.2) is 30.7 Å². The second-order valence-corrected chi connectivity index (χ2v) is 9.82. The number of anilines is 2. The van der Waals surface area contributed by atoms with Gasteiger partial charge in [-0.25, -0.2) is 14.4 Å². The smallest absolute Gasteiger partial charge is 0.227 e. The van der Waals surface area contributed by atoms with Crippen LogP contribution in [0.4, 0.5) is 16.2 Å². The molecule has 0 radical (unpaired) electrons. The maximum Gasteiger partial charge on any atom is 0.227 e. The number of hydrogen-bond acceptors (Lipinski definition) is 7. The highest BCUT2D eigenvalue weighted by atomic mass is 19.1. The number of nitrogens with zero attached hydrogens (tertiary/aromatic N) is 5. The Labute approximate surface area is 198 Å². The molecule has 3 aliphatic heterocycles. The maximum atomic E-state index is 14.4. The van der Waals surface area contributed by atoms with Gasteiger partial charge in [0.1, 0.15) is 5.65 Å². The van der Waals surface area contributed by atoms with E-state index in [1.807, 2.05) is 17.3 Å². The third kappa shape index (κ3) is 4.46. The van der Waals surface area contributed by atoms with Gasteiger partial charge in [0.2, 0.25) is 5.95 Å². The van der Waals surface area contributed by atoms with Crippen molar-refractivity contribution in [3.8, 4) is 0 Å². The van der Waals surface area contributed by atoms with Crippen LogP contribution in [0.2, 0.25) is 0 Å². The summed E-state index contributed by atoms with van der Waals surface area (Å²) in [5, 5.41) is 4.43. The van der Waals surface area contributed by atoms with E-state index in [2.05, 4.69) is 42.3 Å². The molecule has 180 valence electrons. The average molecular weight is 466 g/mol. The summed E-state index contributed by atoms with van der Waals surface area (Å²) in [5.41, 5.74) is 2.30. The van der Waals surface area contributed by atoms with E-state index in [1.54, 1.807) is 0 Å². The lowest BCUT2D eigenvalue weighted by Crippen LogP contribution is -2.45. The monoisotopic (exact) mass is 465 g/mol. The maximum absolute atomic E-state index is 14.4. The van der Waals surface area contributed by atoms with Crippen molar-refractivity contribution in [3.05, 3.63) is 42.1 Å². The van der Waals surface area contributed by atoms with Gasteiger partial charge in [-0.3, -0.25) is 4.90 Å². The van der Waals surface area contributed by atoms with Crippen LogP contribution >= 0.6 is 0 Å². The van der Waals surface area contributed by atoms with Crippen molar-refractivity contribution in [1.82, 2.24) is 24.8 Å². The second kappa shape index (κ2) is 9.46. The van der Waals surface area contributed by atoms with E-state index in [0.29, 0.717) is 49.5 Å². The molecule has 0 spiro atoms. The third-order valence-electron chi connectivity index (χ3n) is 7.65. The zero-order valence-electron chi connectivity index (χ0n) is 19.4. The number of nitrogens with one attached hydrogen (secondary N) is 2. The van der Waals surface area contributed by atoms with Gasteiger partial charge in [0.25, 0.3) is 0 Å². The van der Waals surface area contributed by atoms with Gasteiger partial charge in [-0.15, -0.1) is 0 Å². The standard InChI is InChI=1S/C25H32FN7O/c26-22-16-30-25(32-7-9-34-10-8-32)31-24(22)28-5-6-33-20-1-2-21(33)14-17(13-20)11-18-12-19-3-4-27-23(19)29-15-18/h3-4,12,15-17,20-21H,1-2,5-11,13-14H2,(H,27,29)(H,28,30,31). The summed E-state index contributed by atoms with van der Waals surface area (Å²) in [7, 11) is 0. The number of rotatable bonds is 7. The average Bonchev–Trinajstić information content (AvgIpc) is 3.42. The van der Waals surface area contributed by atoms with Gasteiger partial charge in [-0.2, -0.15) is 4.98 Å². The minimum atomic E-state index is -0.397. The predicted molar refractivity (Wildman–Crippen MR) is 130 cm³/mol. The van der Waals surface area contributed by atoms with Crippen molar-refractivity contribution in [3.63, 3.8) is 0 Å². The fraction of sp³-hybridized carbons (Fsp3) is 0.560. The van der Waals surface area contributed by atoms with Crippen LogP contribution in [-0.2, 0) is 11.2 Å². The number of hydrogen-bond donors (Lipinski definition) is 2. The van der Waals surface area contributed by atoms with E-state index in [4.69, 9.17) is 4.74 Å². The first-order valence-electron chi connectivity index (χ1n) is 12.5. The molecule has 3 fully saturated rings. The second-order valence-electron chi connectivity index (χ2n) is 9.82. The first kappa shape index (κ1) is 21.7. The Kier molecular flexibility index (Phi) is 6.05. The van der Waals surface area contributed by atoms with Gasteiger partial charge in [-0.05, 0) is 55.7 Å². The molecule has 2 bridgehead atoms. The third-order valence-corrected chi connectivity index (χ3v) is 7.65. The Bertz CT molecular complexity index is 1120. The van der Waals surface area contributed by atoms with Crippen LogP contribution in [0.25, 0.3) is 11.0 Å². The number of morpholine rings is 1. The molecular formula is C25H32FN7O. The SMILES string of the molecule is Fc1cnc(N2CCOCC2)nc1NCCN1C2CCC1CC(Cc1cnc3[nH]ccc3c1)C2. The highest BCUT2D eigenvalue weighted by Gasteiger charge is 2.40. The number of aromatic nitrogens is 4. The van der Waals surface area contributed by atoms with Gasteiger partial charge in [0.05, 0.1) is 19.4 Å². The summed E-state index contributed by atoms with van der Waals surface area (Å²) < 4.78 is 19.7. The highest BCUT2D eigenvalue weighted by Crippen LogP contribution is 2.39. The fourth-order valence-corrected chi connectivity index (χ4v) is 6.05. The molecule has 6 rings (SSSR count). The summed E-state index contributed by atoms with van der Waals surface area (Å²) in [6, 6.07) is 5.61. The zero-order valence-corrected chi connectivity index (χ0v) is 19.4. The molecule has 3 aromatic heterocycles. The van der Waals surface area contributed by atoms with E-state index in [9.17, 15) is 4.39 Å². The molecule has 2 unspecified atom stereocenters. The van der Waals surface area contributed by atoms with Crippen LogP contribution in [0.3, 0.4) is 0 Å². The molecule has 0 aliphatic carbocycles. The summed E-state index contributed by atoms with van der Waals surface area (Å²) in [4.78, 5) is 21.1. The molecule has 3 aromatic rings. The van der Waals surface area contributed by atoms with Crippen molar-refractivity contribution in [2.45, 2.75) is 44.2 Å². The van der Waals surface area contributed by atoms with E-state index in [-0.39, 0.29) is 0 Å². The number of fused-ring (bicyclic) bond motifs is 3. The quantitative estimate of drug-likeness (QED) is 0.554. The highest BCUT2D eigenvalue weighted by molar-refractivity contribution is 5.75. The van der Waals surface area contributed by atoms with Crippen LogP contribution in [0.1, 0.15) is 31.2 Å². The largest absolute Gasteiger partial charge is 0.378 e. The number of H-pyrrole nitrogens is 1. The lowest BCUT2D eigenvalue weighted by molar-refractivity contribution is 0.108. The van der Waals surface area contributed by atoms with Crippen molar-refractivity contribution >= 4 is 22.8 Å². The van der Waals surface area contributed by atoms with Crippen LogP contribution in [0, 0.1) is 11.7 Å². The van der Waals surface area contributed by atoms with Gasteiger partial charge in [0.15, 0.2) is 11.6 Å². The van der Waals surface area contributed by atoms with Gasteiger partial charge >= 0.3 is 0 Å². The van der Waals surface area contributed by atoms with E-state index < -0.39 is 5.82 Å². The van der Waals surface area contributed by atoms with Crippen LogP contribution < -0.4 is 10.2 Å². The minimum Gasteiger partial charge on any atom is -0.378 e. The Morgan fingerprint density at radius 3 is 2.76 bits per heavy atom. The number of piperidine rings is 1. The van der Waals surface area contributed by atoms with Crippen molar-refractivity contribution < 1.29 is 9.13 Å². The molecule has 6 heterocycles. The lowest BCUT2D eigenvalue weighted by atomic mass is 9.86. The molecular weight excluding hydrogens is 433 g/mol. The molecule has 2 atom stereocenters. The Balaban J connectivity index is 1.04. The molecule has 3 aliphatic rings. The number of ether oxygens (including phenoxy) is 1. The Hall–Kier alpha value is -2.78. The summed E-state index contributed by atoms with van der Waals surface area (Å²) in [6.45, 7) is 4.37. The van der Waals surface area contributed by atoms with E-state index in [0.717, 1.165) is 31.7 Å². The fourth-order valence-electron chi connectivity index (χ4n) is 6.05. The van der Waals surface area contributed by atoms with Gasteiger partial charge < -0.3 is 19.9 Å². The summed E-state index contributed by atoms with van der Waals surface area (Å²) in [5.74, 6) is 1.17. The number of halogens is 1. The molecule has 3 saturated heterocycles. The van der Waals surface area contributed by atoms with Crippen LogP contribution in [-0.4, -0.2) is 76.3 Å². The van der Waals surface area contributed by atoms with Gasteiger partial charge in [0, 0.05) is 56.0 Å². The molecule has 0 amide bonds. The number of pyridine rings is 1. The molecule has 9 heteroatoms. The Morgan fingerprint density at radius 1 is 1.12 bits per heavy atom. The molecule has 0 aromatic carbocycles. The van der Waals surface area contributed by atoms with Crippen molar-refractivity contribution in [2.24, 2.45) is 5.92 Å². The lowest BCUT2D eigenvalue weighted by Gasteiger charge is -2.39. The van der Waals surface area contributed by atoms with Crippen molar-refractivity contribution in [2.75, 3.05) is 49.6 Å². The molecule has 34 heavy (non-hydrogen) atoms. The topological polar surface area (TPSA) is 82.2 Å². The van der Waals surface area contributed by atoms with E-state index in [1.165, 1.54) is 42.8 Å². The molecule has 2 N–H and O–H groups in total. The molecule has 8 nitrogen and oxygen atoms in total. The van der Waals surface area contributed by atoms with Gasteiger partial charge in [-0.1, -0.05) is 0 Å². The first-order valence-corrected chi connectivity index (χ1v) is 12.5. The molecule has 0 saturated carbocycles. The predicted octanol–water partition coefficient (Wildman–Crippen LogP) is 3.23. The first-order chi connectivity index (χ1) is 16.7. The minimum absolute atomic E-state index is 0.298. The summed E-state index contributed by atoms with van der Waals surface area (Å²) in [6.07, 6.45) is 11.3.